The minimum atomic E-state index is -0.911. The van der Waals surface area contributed by atoms with Crippen molar-refractivity contribution >= 4 is 23.2 Å². The van der Waals surface area contributed by atoms with Gasteiger partial charge in [0.1, 0.15) is 23.1 Å². The Morgan fingerprint density at radius 3 is 2.83 bits per heavy atom. The van der Waals surface area contributed by atoms with Crippen LogP contribution < -0.4 is 21.3 Å². The number of piperazine rings is 1. The SMILES string of the molecule is CNC(c1cccnc1N)c1nc(N2CCNC(C(C)(O)C(C)C)C2)c(Cl)cc1F. The molecule has 3 atom stereocenters. The molecule has 2 aromatic heterocycles. The van der Waals surface area contributed by atoms with Gasteiger partial charge in [0.15, 0.2) is 0 Å². The van der Waals surface area contributed by atoms with E-state index < -0.39 is 17.5 Å². The number of nitrogens with zero attached hydrogens (tertiary/aromatic N) is 3. The van der Waals surface area contributed by atoms with Gasteiger partial charge in [-0.1, -0.05) is 31.5 Å². The third-order valence-corrected chi connectivity index (χ3v) is 6.31. The van der Waals surface area contributed by atoms with Crippen molar-refractivity contribution in [3.63, 3.8) is 0 Å². The molecule has 1 saturated heterocycles. The van der Waals surface area contributed by atoms with Gasteiger partial charge in [0.25, 0.3) is 0 Å². The van der Waals surface area contributed by atoms with Crippen molar-refractivity contribution in [1.29, 1.82) is 0 Å². The molecular weight excluding hydrogens is 407 g/mol. The molecule has 3 heterocycles. The highest BCUT2D eigenvalue weighted by atomic mass is 35.5. The highest BCUT2D eigenvalue weighted by Gasteiger charge is 2.38. The van der Waals surface area contributed by atoms with Crippen LogP contribution in [0.3, 0.4) is 0 Å². The maximum atomic E-state index is 14.9. The van der Waals surface area contributed by atoms with Gasteiger partial charge in [0.2, 0.25) is 0 Å². The smallest absolute Gasteiger partial charge is 0.148 e. The molecule has 1 aliphatic heterocycles. The van der Waals surface area contributed by atoms with Crippen molar-refractivity contribution in [3.05, 3.63) is 46.5 Å². The zero-order valence-corrected chi connectivity index (χ0v) is 18.5. The van der Waals surface area contributed by atoms with Gasteiger partial charge in [0, 0.05) is 31.4 Å². The Labute approximate surface area is 181 Å². The maximum absolute atomic E-state index is 14.9. The van der Waals surface area contributed by atoms with Gasteiger partial charge in [-0.25, -0.2) is 14.4 Å². The van der Waals surface area contributed by atoms with Crippen LogP contribution in [-0.2, 0) is 0 Å². The molecule has 0 bridgehead atoms. The summed E-state index contributed by atoms with van der Waals surface area (Å²) in [6, 6.07) is 4.08. The van der Waals surface area contributed by atoms with E-state index in [1.165, 1.54) is 6.07 Å². The molecule has 9 heteroatoms. The number of aliphatic hydroxyl groups is 1. The number of anilines is 2. The predicted molar refractivity (Wildman–Crippen MR) is 118 cm³/mol. The van der Waals surface area contributed by atoms with Crippen LogP contribution in [0, 0.1) is 11.7 Å². The third kappa shape index (κ3) is 4.37. The maximum Gasteiger partial charge on any atom is 0.148 e. The molecule has 1 fully saturated rings. The fourth-order valence-corrected chi connectivity index (χ4v) is 4.00. The van der Waals surface area contributed by atoms with Crippen molar-refractivity contribution in [2.45, 2.75) is 38.5 Å². The monoisotopic (exact) mass is 436 g/mol. The highest BCUT2D eigenvalue weighted by Crippen LogP contribution is 2.33. The molecular formula is C21H30ClFN6O. The molecule has 1 aliphatic rings. The van der Waals surface area contributed by atoms with E-state index >= 15 is 0 Å². The molecule has 0 amide bonds. The minimum Gasteiger partial charge on any atom is -0.388 e. The first-order chi connectivity index (χ1) is 14.2. The Hall–Kier alpha value is -2.00. The molecule has 0 radical (unpaired) electrons. The average molecular weight is 437 g/mol. The van der Waals surface area contributed by atoms with Crippen molar-refractivity contribution in [1.82, 2.24) is 20.6 Å². The fraction of sp³-hybridized carbons (Fsp3) is 0.524. The predicted octanol–water partition coefficient (Wildman–Crippen LogP) is 2.35. The van der Waals surface area contributed by atoms with Crippen molar-refractivity contribution in [2.24, 2.45) is 5.92 Å². The van der Waals surface area contributed by atoms with Gasteiger partial charge in [-0.2, -0.15) is 0 Å². The molecule has 0 aliphatic carbocycles. The van der Waals surface area contributed by atoms with Crippen LogP contribution in [-0.4, -0.2) is 53.4 Å². The lowest BCUT2D eigenvalue weighted by Gasteiger charge is -2.43. The summed E-state index contributed by atoms with van der Waals surface area (Å²) in [5, 5.41) is 17.6. The van der Waals surface area contributed by atoms with E-state index in [1.807, 2.05) is 25.7 Å². The van der Waals surface area contributed by atoms with Crippen molar-refractivity contribution in [2.75, 3.05) is 37.3 Å². The number of hydrogen-bond donors (Lipinski definition) is 4. The Morgan fingerprint density at radius 2 is 2.20 bits per heavy atom. The lowest BCUT2D eigenvalue weighted by atomic mass is 9.84. The van der Waals surface area contributed by atoms with Crippen LogP contribution in [0.15, 0.2) is 24.4 Å². The molecule has 2 aromatic rings. The first kappa shape index (κ1) is 22.7. The number of rotatable bonds is 6. The topological polar surface area (TPSA) is 99.3 Å². The molecule has 0 saturated carbocycles. The zero-order chi connectivity index (χ0) is 22.1. The van der Waals surface area contributed by atoms with Gasteiger partial charge in [-0.3, -0.25) is 0 Å². The number of halogens is 2. The molecule has 3 unspecified atom stereocenters. The van der Waals surface area contributed by atoms with Crippen molar-refractivity contribution < 1.29 is 9.50 Å². The summed E-state index contributed by atoms with van der Waals surface area (Å²) in [5.41, 5.74) is 5.94. The summed E-state index contributed by atoms with van der Waals surface area (Å²) in [4.78, 5) is 10.7. The average Bonchev–Trinajstić information content (AvgIpc) is 2.71. The molecule has 3 rings (SSSR count). The second-order valence-electron chi connectivity index (χ2n) is 8.19. The number of hydrogen-bond acceptors (Lipinski definition) is 7. The molecule has 0 spiro atoms. The zero-order valence-electron chi connectivity index (χ0n) is 17.8. The van der Waals surface area contributed by atoms with E-state index in [-0.39, 0.29) is 22.7 Å². The van der Waals surface area contributed by atoms with Gasteiger partial charge < -0.3 is 26.4 Å². The number of pyridine rings is 2. The van der Waals surface area contributed by atoms with Gasteiger partial charge in [0.05, 0.1) is 22.7 Å². The lowest BCUT2D eigenvalue weighted by molar-refractivity contribution is -0.0231. The Kier molecular flexibility index (Phi) is 6.81. The number of aromatic nitrogens is 2. The number of nitrogens with one attached hydrogen (secondary N) is 2. The Balaban J connectivity index is 1.98. The number of nitrogen functional groups attached to an aromatic ring is 1. The van der Waals surface area contributed by atoms with Crippen LogP contribution in [0.1, 0.15) is 38.1 Å². The number of nitrogens with two attached hydrogens (primary N) is 1. The van der Waals surface area contributed by atoms with Crippen LogP contribution >= 0.6 is 11.6 Å². The highest BCUT2D eigenvalue weighted by molar-refractivity contribution is 6.33. The van der Waals surface area contributed by atoms with E-state index in [9.17, 15) is 9.50 Å². The lowest BCUT2D eigenvalue weighted by Crippen LogP contribution is -2.62. The quantitative estimate of drug-likeness (QED) is 0.551. The first-order valence-electron chi connectivity index (χ1n) is 10.1. The van der Waals surface area contributed by atoms with E-state index in [4.69, 9.17) is 17.3 Å². The van der Waals surface area contributed by atoms with Gasteiger partial charge in [-0.05, 0) is 32.0 Å². The molecule has 164 valence electrons. The second-order valence-corrected chi connectivity index (χ2v) is 8.60. The summed E-state index contributed by atoms with van der Waals surface area (Å²) >= 11 is 6.40. The van der Waals surface area contributed by atoms with Crippen molar-refractivity contribution in [3.8, 4) is 0 Å². The minimum absolute atomic E-state index is 0.0596. The largest absolute Gasteiger partial charge is 0.388 e. The molecule has 0 aromatic carbocycles. The second kappa shape index (κ2) is 9.01. The van der Waals surface area contributed by atoms with E-state index in [1.54, 1.807) is 25.4 Å². The Morgan fingerprint density at radius 1 is 1.47 bits per heavy atom. The third-order valence-electron chi connectivity index (χ3n) is 6.03. The molecule has 7 nitrogen and oxygen atoms in total. The fourth-order valence-electron chi connectivity index (χ4n) is 3.74. The first-order valence-corrected chi connectivity index (χ1v) is 10.5. The summed E-state index contributed by atoms with van der Waals surface area (Å²) in [5.74, 6) is 0.336. The van der Waals surface area contributed by atoms with Gasteiger partial charge in [-0.15, -0.1) is 0 Å². The molecule has 30 heavy (non-hydrogen) atoms. The standard InChI is InChI=1S/C21H30ClFN6O/c1-12(2)21(3,30)16-11-29(9-8-26-16)20-14(22)10-15(23)18(28-20)17(25-4)13-6-5-7-27-19(13)24/h5-7,10,12,16-17,25-26,30H,8-9,11H2,1-4H3,(H2,24,27). The molecule has 5 N–H and O–H groups in total. The van der Waals surface area contributed by atoms with Gasteiger partial charge >= 0.3 is 0 Å². The summed E-state index contributed by atoms with van der Waals surface area (Å²) < 4.78 is 14.9. The van der Waals surface area contributed by atoms with Crippen LogP contribution in [0.5, 0.6) is 0 Å². The van der Waals surface area contributed by atoms with E-state index in [0.29, 0.717) is 36.8 Å². The van der Waals surface area contributed by atoms with Crippen LogP contribution in [0.25, 0.3) is 0 Å². The van der Waals surface area contributed by atoms with E-state index in [2.05, 4.69) is 20.6 Å². The summed E-state index contributed by atoms with van der Waals surface area (Å²) in [6.07, 6.45) is 1.59. The normalized spacial score (nSPS) is 20.3. The Bertz CT molecular complexity index is 894. The van der Waals surface area contributed by atoms with E-state index in [0.717, 1.165) is 0 Å². The summed E-state index contributed by atoms with van der Waals surface area (Å²) in [7, 11) is 1.72. The van der Waals surface area contributed by atoms with Crippen LogP contribution in [0.2, 0.25) is 5.02 Å². The van der Waals surface area contributed by atoms with Crippen LogP contribution in [0.4, 0.5) is 16.0 Å². The summed E-state index contributed by atoms with van der Waals surface area (Å²) in [6.45, 7) is 7.59.